The Kier molecular flexibility index (Phi) is 6.73. The standard InChI is InChI=1S/C25H30Cl2N4O3/c1-16-21(18-6-2-7-19(26)20(18)27)29-22(24(33)31-11-3-5-17(31)15-32)23(28-16)30-12-9-25(10-13-30)8-4-14-34-25/h2,6-7,17,32H,3-5,8-15H2,1H3. The van der Waals surface area contributed by atoms with Gasteiger partial charge in [-0.25, -0.2) is 9.97 Å². The summed E-state index contributed by atoms with van der Waals surface area (Å²) in [4.78, 5) is 27.5. The summed E-state index contributed by atoms with van der Waals surface area (Å²) in [5.74, 6) is 0.400. The molecule has 3 fully saturated rings. The van der Waals surface area contributed by atoms with Gasteiger partial charge in [-0.05, 0) is 51.5 Å². The quantitative estimate of drug-likeness (QED) is 0.659. The fourth-order valence-electron chi connectivity index (χ4n) is 5.52. The van der Waals surface area contributed by atoms with Crippen molar-refractivity contribution in [3.05, 3.63) is 39.6 Å². The monoisotopic (exact) mass is 504 g/mol. The summed E-state index contributed by atoms with van der Waals surface area (Å²) in [6.45, 7) is 4.77. The van der Waals surface area contributed by atoms with Crippen molar-refractivity contribution >= 4 is 34.9 Å². The lowest BCUT2D eigenvalue weighted by Gasteiger charge is -2.39. The van der Waals surface area contributed by atoms with Crippen molar-refractivity contribution < 1.29 is 14.6 Å². The molecule has 2 aromatic rings. The van der Waals surface area contributed by atoms with Crippen LogP contribution in [0.1, 0.15) is 54.7 Å². The molecule has 1 unspecified atom stereocenters. The Hall–Kier alpha value is -1.93. The summed E-state index contributed by atoms with van der Waals surface area (Å²) in [5.41, 5.74) is 2.16. The second-order valence-corrected chi connectivity index (χ2v) is 10.3. The average Bonchev–Trinajstić information content (AvgIpc) is 3.51. The predicted molar refractivity (Wildman–Crippen MR) is 133 cm³/mol. The summed E-state index contributed by atoms with van der Waals surface area (Å²) >= 11 is 12.8. The maximum atomic E-state index is 13.8. The van der Waals surface area contributed by atoms with Gasteiger partial charge in [0.1, 0.15) is 0 Å². The highest BCUT2D eigenvalue weighted by atomic mass is 35.5. The van der Waals surface area contributed by atoms with Crippen LogP contribution >= 0.6 is 23.2 Å². The number of aliphatic hydroxyl groups is 1. The second-order valence-electron chi connectivity index (χ2n) is 9.53. The zero-order valence-corrected chi connectivity index (χ0v) is 20.9. The number of ether oxygens (including phenoxy) is 1. The SMILES string of the molecule is Cc1nc(N2CCC3(CCCO3)CC2)c(C(=O)N2CCCC2CO)nc1-c1cccc(Cl)c1Cl. The van der Waals surface area contributed by atoms with E-state index in [0.29, 0.717) is 45.1 Å². The third-order valence-electron chi connectivity index (χ3n) is 7.47. The summed E-state index contributed by atoms with van der Waals surface area (Å²) in [6, 6.07) is 5.18. The molecule has 182 valence electrons. The molecule has 9 heteroatoms. The van der Waals surface area contributed by atoms with Crippen LogP contribution in [0.5, 0.6) is 0 Å². The molecule has 0 bridgehead atoms. The van der Waals surface area contributed by atoms with E-state index < -0.39 is 0 Å². The lowest BCUT2D eigenvalue weighted by molar-refractivity contribution is -0.0147. The van der Waals surface area contributed by atoms with Crippen LogP contribution in [-0.4, -0.2) is 70.4 Å². The lowest BCUT2D eigenvalue weighted by Crippen LogP contribution is -2.46. The lowest BCUT2D eigenvalue weighted by atomic mass is 9.88. The number of carbonyl (C=O) groups is 1. The molecule has 34 heavy (non-hydrogen) atoms. The highest BCUT2D eigenvalue weighted by Crippen LogP contribution is 2.39. The molecule has 7 nitrogen and oxygen atoms in total. The van der Waals surface area contributed by atoms with Crippen LogP contribution in [-0.2, 0) is 4.74 Å². The van der Waals surface area contributed by atoms with Gasteiger partial charge < -0.3 is 19.6 Å². The number of hydrogen-bond acceptors (Lipinski definition) is 6. The van der Waals surface area contributed by atoms with Crippen molar-refractivity contribution in [2.45, 2.75) is 57.1 Å². The summed E-state index contributed by atoms with van der Waals surface area (Å²) < 4.78 is 6.09. The fourth-order valence-corrected chi connectivity index (χ4v) is 5.91. The topological polar surface area (TPSA) is 78.8 Å². The number of benzene rings is 1. The molecule has 4 heterocycles. The maximum absolute atomic E-state index is 13.8. The van der Waals surface area contributed by atoms with E-state index in [-0.39, 0.29) is 24.2 Å². The first-order valence-electron chi connectivity index (χ1n) is 12.1. The number of amides is 1. The Bertz CT molecular complexity index is 1080. The summed E-state index contributed by atoms with van der Waals surface area (Å²) in [7, 11) is 0. The molecule has 3 aliphatic heterocycles. The minimum atomic E-state index is -0.198. The minimum absolute atomic E-state index is 0.0334. The van der Waals surface area contributed by atoms with E-state index in [1.54, 1.807) is 11.0 Å². The first-order valence-corrected chi connectivity index (χ1v) is 12.8. The van der Waals surface area contributed by atoms with Crippen molar-refractivity contribution in [1.82, 2.24) is 14.9 Å². The number of anilines is 1. The van der Waals surface area contributed by atoms with E-state index in [1.165, 1.54) is 0 Å². The number of aromatic nitrogens is 2. The van der Waals surface area contributed by atoms with Crippen LogP contribution < -0.4 is 4.90 Å². The number of nitrogens with zero attached hydrogens (tertiary/aromatic N) is 4. The van der Waals surface area contributed by atoms with E-state index in [2.05, 4.69) is 4.90 Å². The van der Waals surface area contributed by atoms with Crippen LogP contribution in [0.25, 0.3) is 11.3 Å². The molecule has 1 aromatic carbocycles. The minimum Gasteiger partial charge on any atom is -0.394 e. The average molecular weight is 505 g/mol. The molecule has 3 aliphatic rings. The smallest absolute Gasteiger partial charge is 0.276 e. The van der Waals surface area contributed by atoms with Gasteiger partial charge in [0.15, 0.2) is 11.5 Å². The molecule has 1 spiro atoms. The summed E-state index contributed by atoms with van der Waals surface area (Å²) in [6.07, 6.45) is 5.67. The van der Waals surface area contributed by atoms with Gasteiger partial charge in [0, 0.05) is 31.8 Å². The second kappa shape index (κ2) is 9.61. The number of carbonyl (C=O) groups excluding carboxylic acids is 1. The van der Waals surface area contributed by atoms with Gasteiger partial charge in [-0.3, -0.25) is 4.79 Å². The first-order chi connectivity index (χ1) is 16.4. The Labute approximate surface area is 210 Å². The number of hydrogen-bond donors (Lipinski definition) is 1. The van der Waals surface area contributed by atoms with Crippen molar-refractivity contribution in [2.24, 2.45) is 0 Å². The number of piperidine rings is 1. The van der Waals surface area contributed by atoms with Crippen LogP contribution in [0.15, 0.2) is 18.2 Å². The van der Waals surface area contributed by atoms with Crippen LogP contribution in [0.4, 0.5) is 5.82 Å². The van der Waals surface area contributed by atoms with Crippen molar-refractivity contribution in [1.29, 1.82) is 0 Å². The molecule has 5 rings (SSSR count). The van der Waals surface area contributed by atoms with Gasteiger partial charge in [0.2, 0.25) is 0 Å². The largest absolute Gasteiger partial charge is 0.394 e. The maximum Gasteiger partial charge on any atom is 0.276 e. The van der Waals surface area contributed by atoms with E-state index in [1.807, 2.05) is 19.1 Å². The molecule has 1 N–H and O–H groups in total. The number of aliphatic hydroxyl groups excluding tert-OH is 1. The van der Waals surface area contributed by atoms with Gasteiger partial charge >= 0.3 is 0 Å². The molecule has 0 radical (unpaired) electrons. The van der Waals surface area contributed by atoms with Gasteiger partial charge in [-0.2, -0.15) is 0 Å². The Morgan fingerprint density at radius 1 is 1.18 bits per heavy atom. The Balaban J connectivity index is 1.55. The van der Waals surface area contributed by atoms with Crippen LogP contribution in [0.3, 0.4) is 0 Å². The zero-order valence-electron chi connectivity index (χ0n) is 19.4. The number of halogens is 2. The van der Waals surface area contributed by atoms with E-state index in [9.17, 15) is 9.90 Å². The molecular weight excluding hydrogens is 475 g/mol. The van der Waals surface area contributed by atoms with Crippen molar-refractivity contribution in [3.63, 3.8) is 0 Å². The van der Waals surface area contributed by atoms with Gasteiger partial charge in [-0.1, -0.05) is 35.3 Å². The number of likely N-dealkylation sites (tertiary alicyclic amines) is 1. The van der Waals surface area contributed by atoms with Crippen LogP contribution in [0.2, 0.25) is 10.0 Å². The summed E-state index contributed by atoms with van der Waals surface area (Å²) in [5, 5.41) is 10.6. The van der Waals surface area contributed by atoms with Crippen molar-refractivity contribution in [3.8, 4) is 11.3 Å². The van der Waals surface area contributed by atoms with E-state index >= 15 is 0 Å². The number of aryl methyl sites for hydroxylation is 1. The first kappa shape index (κ1) is 23.8. The molecule has 1 amide bonds. The molecule has 1 atom stereocenters. The third kappa shape index (κ3) is 4.28. The van der Waals surface area contributed by atoms with Gasteiger partial charge in [0.05, 0.1) is 39.7 Å². The van der Waals surface area contributed by atoms with E-state index in [4.69, 9.17) is 37.9 Å². The highest BCUT2D eigenvalue weighted by molar-refractivity contribution is 6.43. The van der Waals surface area contributed by atoms with Gasteiger partial charge in [-0.15, -0.1) is 0 Å². The van der Waals surface area contributed by atoms with Crippen molar-refractivity contribution in [2.75, 3.05) is 37.7 Å². The molecule has 0 saturated carbocycles. The normalized spacial score (nSPS) is 22.1. The zero-order chi connectivity index (χ0) is 23.9. The van der Waals surface area contributed by atoms with Gasteiger partial charge in [0.25, 0.3) is 5.91 Å². The third-order valence-corrected chi connectivity index (χ3v) is 8.29. The predicted octanol–water partition coefficient (Wildman–Crippen LogP) is 4.51. The highest BCUT2D eigenvalue weighted by Gasteiger charge is 2.40. The molecular formula is C25H30Cl2N4O3. The molecule has 1 aromatic heterocycles. The fraction of sp³-hybridized carbons (Fsp3) is 0.560. The Morgan fingerprint density at radius 2 is 1.97 bits per heavy atom. The van der Waals surface area contributed by atoms with Crippen LogP contribution in [0, 0.1) is 6.92 Å². The number of rotatable bonds is 4. The Morgan fingerprint density at radius 3 is 2.68 bits per heavy atom. The molecule has 0 aliphatic carbocycles. The molecule has 3 saturated heterocycles. The van der Waals surface area contributed by atoms with E-state index in [0.717, 1.165) is 58.2 Å².